The summed E-state index contributed by atoms with van der Waals surface area (Å²) in [5, 5.41) is 9.46. The number of aryl methyl sites for hydroxylation is 1. The fourth-order valence-corrected chi connectivity index (χ4v) is 1.38. The molecule has 1 atom stereocenters. The molecule has 0 heterocycles. The molecule has 3 heteroatoms. The SMILES string of the molecule is CCCC(O)COc1ccc(F)cc1C. The zero-order valence-corrected chi connectivity index (χ0v) is 9.16. The van der Waals surface area contributed by atoms with Gasteiger partial charge in [-0.25, -0.2) is 4.39 Å². The molecule has 0 amide bonds. The molecule has 0 aliphatic heterocycles. The van der Waals surface area contributed by atoms with Crippen LogP contribution in [0.3, 0.4) is 0 Å². The van der Waals surface area contributed by atoms with Crippen LogP contribution < -0.4 is 4.74 Å². The molecule has 0 radical (unpaired) electrons. The Morgan fingerprint density at radius 1 is 1.47 bits per heavy atom. The summed E-state index contributed by atoms with van der Waals surface area (Å²) in [6, 6.07) is 4.36. The number of hydrogen-bond acceptors (Lipinski definition) is 2. The zero-order chi connectivity index (χ0) is 11.3. The van der Waals surface area contributed by atoms with Gasteiger partial charge in [0.25, 0.3) is 0 Å². The summed E-state index contributed by atoms with van der Waals surface area (Å²) in [6.07, 6.45) is 1.20. The smallest absolute Gasteiger partial charge is 0.123 e. The second kappa shape index (κ2) is 5.71. The molecule has 15 heavy (non-hydrogen) atoms. The van der Waals surface area contributed by atoms with Crippen molar-refractivity contribution >= 4 is 0 Å². The van der Waals surface area contributed by atoms with E-state index in [0.717, 1.165) is 18.4 Å². The first-order valence-electron chi connectivity index (χ1n) is 5.20. The maximum atomic E-state index is 12.8. The molecule has 0 saturated carbocycles. The van der Waals surface area contributed by atoms with Gasteiger partial charge in [0.15, 0.2) is 0 Å². The molecule has 0 saturated heterocycles. The molecule has 0 aliphatic carbocycles. The topological polar surface area (TPSA) is 29.5 Å². The number of rotatable bonds is 5. The van der Waals surface area contributed by atoms with Crippen LogP contribution in [0.15, 0.2) is 18.2 Å². The lowest BCUT2D eigenvalue weighted by molar-refractivity contribution is 0.0990. The van der Waals surface area contributed by atoms with Crippen LogP contribution in [0.1, 0.15) is 25.3 Å². The van der Waals surface area contributed by atoms with Crippen molar-refractivity contribution in [2.24, 2.45) is 0 Å². The summed E-state index contributed by atoms with van der Waals surface area (Å²) < 4.78 is 18.2. The Kier molecular flexibility index (Phi) is 4.56. The highest BCUT2D eigenvalue weighted by Gasteiger charge is 2.05. The average molecular weight is 212 g/mol. The molecule has 0 aromatic heterocycles. The van der Waals surface area contributed by atoms with Gasteiger partial charge in [0.05, 0.1) is 6.10 Å². The van der Waals surface area contributed by atoms with Crippen molar-refractivity contribution in [2.75, 3.05) is 6.61 Å². The van der Waals surface area contributed by atoms with E-state index in [2.05, 4.69) is 0 Å². The van der Waals surface area contributed by atoms with E-state index in [4.69, 9.17) is 4.74 Å². The molecule has 0 aliphatic rings. The van der Waals surface area contributed by atoms with Gasteiger partial charge in [-0.1, -0.05) is 13.3 Å². The van der Waals surface area contributed by atoms with Crippen LogP contribution in [0.5, 0.6) is 5.75 Å². The van der Waals surface area contributed by atoms with Crippen molar-refractivity contribution in [1.29, 1.82) is 0 Å². The fraction of sp³-hybridized carbons (Fsp3) is 0.500. The summed E-state index contributed by atoms with van der Waals surface area (Å²) in [4.78, 5) is 0. The Bertz CT molecular complexity index is 312. The van der Waals surface area contributed by atoms with Crippen LogP contribution in [-0.4, -0.2) is 17.8 Å². The lowest BCUT2D eigenvalue weighted by Gasteiger charge is -2.12. The van der Waals surface area contributed by atoms with Crippen molar-refractivity contribution in [1.82, 2.24) is 0 Å². The van der Waals surface area contributed by atoms with Crippen molar-refractivity contribution in [3.63, 3.8) is 0 Å². The summed E-state index contributed by atoms with van der Waals surface area (Å²) in [5.41, 5.74) is 0.749. The van der Waals surface area contributed by atoms with E-state index in [1.54, 1.807) is 13.0 Å². The van der Waals surface area contributed by atoms with E-state index in [-0.39, 0.29) is 12.4 Å². The fourth-order valence-electron chi connectivity index (χ4n) is 1.38. The van der Waals surface area contributed by atoms with Crippen molar-refractivity contribution < 1.29 is 14.2 Å². The summed E-state index contributed by atoms with van der Waals surface area (Å²) in [5.74, 6) is 0.362. The number of aliphatic hydroxyl groups excluding tert-OH is 1. The Morgan fingerprint density at radius 3 is 2.80 bits per heavy atom. The van der Waals surface area contributed by atoms with E-state index in [0.29, 0.717) is 5.75 Å². The first-order valence-corrected chi connectivity index (χ1v) is 5.20. The second-order valence-electron chi connectivity index (χ2n) is 3.66. The first kappa shape index (κ1) is 12.0. The third-order valence-electron chi connectivity index (χ3n) is 2.19. The summed E-state index contributed by atoms with van der Waals surface area (Å²) in [7, 11) is 0. The highest BCUT2D eigenvalue weighted by atomic mass is 19.1. The van der Waals surface area contributed by atoms with Crippen molar-refractivity contribution in [2.45, 2.75) is 32.8 Å². The van der Waals surface area contributed by atoms with E-state index < -0.39 is 6.10 Å². The molecular weight excluding hydrogens is 195 g/mol. The van der Waals surface area contributed by atoms with Crippen LogP contribution >= 0.6 is 0 Å². The number of benzene rings is 1. The third kappa shape index (κ3) is 3.88. The van der Waals surface area contributed by atoms with Gasteiger partial charge in [0, 0.05) is 0 Å². The first-order chi connectivity index (χ1) is 7.13. The Labute approximate surface area is 89.7 Å². The van der Waals surface area contributed by atoms with E-state index in [1.165, 1.54) is 12.1 Å². The monoisotopic (exact) mass is 212 g/mol. The van der Waals surface area contributed by atoms with Gasteiger partial charge in [-0.05, 0) is 37.1 Å². The molecule has 1 aromatic carbocycles. The predicted octanol–water partition coefficient (Wildman–Crippen LogP) is 2.67. The minimum atomic E-state index is -0.445. The molecular formula is C12H17FO2. The Morgan fingerprint density at radius 2 is 2.20 bits per heavy atom. The molecule has 1 N–H and O–H groups in total. The van der Waals surface area contributed by atoms with Crippen molar-refractivity contribution in [3.05, 3.63) is 29.6 Å². The lowest BCUT2D eigenvalue weighted by atomic mass is 10.2. The van der Waals surface area contributed by atoms with Gasteiger partial charge in [-0.2, -0.15) is 0 Å². The Balaban J connectivity index is 2.50. The van der Waals surface area contributed by atoms with Crippen LogP contribution in [0.4, 0.5) is 4.39 Å². The van der Waals surface area contributed by atoms with Crippen LogP contribution in [0, 0.1) is 12.7 Å². The maximum absolute atomic E-state index is 12.8. The molecule has 84 valence electrons. The lowest BCUT2D eigenvalue weighted by Crippen LogP contribution is -2.17. The van der Waals surface area contributed by atoms with Gasteiger partial charge in [-0.15, -0.1) is 0 Å². The minimum absolute atomic E-state index is 0.264. The van der Waals surface area contributed by atoms with Gasteiger partial charge < -0.3 is 9.84 Å². The predicted molar refractivity (Wildman–Crippen MR) is 57.5 cm³/mol. The van der Waals surface area contributed by atoms with Gasteiger partial charge in [-0.3, -0.25) is 0 Å². The van der Waals surface area contributed by atoms with Crippen LogP contribution in [0.25, 0.3) is 0 Å². The van der Waals surface area contributed by atoms with E-state index >= 15 is 0 Å². The maximum Gasteiger partial charge on any atom is 0.123 e. The van der Waals surface area contributed by atoms with Crippen LogP contribution in [-0.2, 0) is 0 Å². The zero-order valence-electron chi connectivity index (χ0n) is 9.16. The number of ether oxygens (including phenoxy) is 1. The molecule has 0 spiro atoms. The van der Waals surface area contributed by atoms with E-state index in [1.807, 2.05) is 6.92 Å². The minimum Gasteiger partial charge on any atom is -0.491 e. The molecule has 1 aromatic rings. The van der Waals surface area contributed by atoms with Crippen LogP contribution in [0.2, 0.25) is 0 Å². The summed E-state index contributed by atoms with van der Waals surface area (Å²) in [6.45, 7) is 4.05. The molecule has 1 unspecified atom stereocenters. The number of halogens is 1. The summed E-state index contributed by atoms with van der Waals surface area (Å²) >= 11 is 0. The highest BCUT2D eigenvalue weighted by molar-refractivity contribution is 5.32. The highest BCUT2D eigenvalue weighted by Crippen LogP contribution is 2.18. The molecule has 0 fully saturated rings. The van der Waals surface area contributed by atoms with Gasteiger partial charge in [0.2, 0.25) is 0 Å². The normalized spacial score (nSPS) is 12.5. The molecule has 0 bridgehead atoms. The molecule has 2 nitrogen and oxygen atoms in total. The molecule has 1 rings (SSSR count). The number of hydrogen-bond donors (Lipinski definition) is 1. The Hall–Kier alpha value is -1.09. The van der Waals surface area contributed by atoms with Gasteiger partial charge >= 0.3 is 0 Å². The standard InChI is InChI=1S/C12H17FO2/c1-3-4-11(14)8-15-12-6-5-10(13)7-9(12)2/h5-7,11,14H,3-4,8H2,1-2H3. The van der Waals surface area contributed by atoms with Gasteiger partial charge in [0.1, 0.15) is 18.2 Å². The largest absolute Gasteiger partial charge is 0.491 e. The third-order valence-corrected chi connectivity index (χ3v) is 2.19. The number of aliphatic hydroxyl groups is 1. The second-order valence-corrected chi connectivity index (χ2v) is 3.66. The quantitative estimate of drug-likeness (QED) is 0.813. The van der Waals surface area contributed by atoms with Crippen molar-refractivity contribution in [3.8, 4) is 5.75 Å². The van der Waals surface area contributed by atoms with E-state index in [9.17, 15) is 9.50 Å². The average Bonchev–Trinajstić information content (AvgIpc) is 2.17.